The summed E-state index contributed by atoms with van der Waals surface area (Å²) in [7, 11) is 0. The van der Waals surface area contributed by atoms with Crippen LogP contribution in [0.2, 0.25) is 0 Å². The molecular weight excluding hydrogens is 325 g/mol. The van der Waals surface area contributed by atoms with Crippen molar-refractivity contribution < 1.29 is 27.5 Å². The fourth-order valence-electron chi connectivity index (χ4n) is 3.17. The van der Waals surface area contributed by atoms with E-state index in [-0.39, 0.29) is 26.1 Å². The van der Waals surface area contributed by atoms with Crippen LogP contribution in [0.1, 0.15) is 18.4 Å². The Hall–Kier alpha value is -2.25. The van der Waals surface area contributed by atoms with Crippen molar-refractivity contribution in [2.75, 3.05) is 24.6 Å². The van der Waals surface area contributed by atoms with Crippen LogP contribution in [0.3, 0.4) is 0 Å². The van der Waals surface area contributed by atoms with E-state index in [0.29, 0.717) is 22.8 Å². The van der Waals surface area contributed by atoms with Crippen LogP contribution in [0.5, 0.6) is 5.75 Å². The number of hydrogen-bond donors (Lipinski definition) is 0. The van der Waals surface area contributed by atoms with E-state index in [1.165, 1.54) is 4.90 Å². The van der Waals surface area contributed by atoms with E-state index in [1.807, 2.05) is 13.0 Å². The number of nitrogens with zero attached hydrogens (tertiary/aromatic N) is 2. The fourth-order valence-corrected chi connectivity index (χ4v) is 3.17. The standard InChI is InChI=1S/C16H17F3N2O3/c1-10-4-5-13-12(9-10)20(7-8-24-13)14(22)11-3-2-6-21(11)15(23)16(17,18)19/h4-5,9,11H,2-3,6-8H2,1H3. The molecule has 130 valence electrons. The Bertz CT molecular complexity index is 675. The maximum absolute atomic E-state index is 12.8. The van der Waals surface area contributed by atoms with Crippen molar-refractivity contribution in [1.82, 2.24) is 4.90 Å². The lowest BCUT2D eigenvalue weighted by Crippen LogP contribution is -2.52. The van der Waals surface area contributed by atoms with Crippen molar-refractivity contribution in [2.45, 2.75) is 32.0 Å². The number of fused-ring (bicyclic) bond motifs is 1. The molecule has 5 nitrogen and oxygen atoms in total. The molecule has 1 saturated heterocycles. The zero-order chi connectivity index (χ0) is 17.5. The number of ether oxygens (including phenoxy) is 1. The highest BCUT2D eigenvalue weighted by atomic mass is 19.4. The number of benzene rings is 1. The average molecular weight is 342 g/mol. The van der Waals surface area contributed by atoms with Crippen LogP contribution in [0, 0.1) is 6.92 Å². The van der Waals surface area contributed by atoms with E-state index in [0.717, 1.165) is 5.56 Å². The summed E-state index contributed by atoms with van der Waals surface area (Å²) in [4.78, 5) is 26.5. The zero-order valence-corrected chi connectivity index (χ0v) is 13.1. The van der Waals surface area contributed by atoms with Gasteiger partial charge in [-0.05, 0) is 37.5 Å². The van der Waals surface area contributed by atoms with E-state index in [1.54, 1.807) is 12.1 Å². The van der Waals surface area contributed by atoms with Crippen LogP contribution in [-0.2, 0) is 9.59 Å². The number of aryl methyl sites for hydroxylation is 1. The highest BCUT2D eigenvalue weighted by molar-refractivity contribution is 6.01. The molecule has 1 aromatic carbocycles. The number of carbonyl (C=O) groups is 2. The Labute approximate surface area is 137 Å². The van der Waals surface area contributed by atoms with Crippen LogP contribution in [0.4, 0.5) is 18.9 Å². The van der Waals surface area contributed by atoms with Crippen molar-refractivity contribution in [3.8, 4) is 5.75 Å². The highest BCUT2D eigenvalue weighted by Gasteiger charge is 2.48. The predicted octanol–water partition coefficient (Wildman–Crippen LogP) is 2.27. The topological polar surface area (TPSA) is 49.9 Å². The molecule has 2 aliphatic heterocycles. The van der Waals surface area contributed by atoms with E-state index in [9.17, 15) is 22.8 Å². The first-order valence-electron chi connectivity index (χ1n) is 7.71. The van der Waals surface area contributed by atoms with Gasteiger partial charge < -0.3 is 14.5 Å². The molecule has 1 fully saturated rings. The van der Waals surface area contributed by atoms with Gasteiger partial charge in [-0.25, -0.2) is 0 Å². The minimum atomic E-state index is -4.97. The van der Waals surface area contributed by atoms with Crippen LogP contribution in [0.25, 0.3) is 0 Å². The van der Waals surface area contributed by atoms with E-state index in [2.05, 4.69) is 0 Å². The molecule has 0 N–H and O–H groups in total. The third kappa shape index (κ3) is 2.92. The lowest BCUT2D eigenvalue weighted by molar-refractivity contribution is -0.186. The molecule has 0 aliphatic carbocycles. The molecule has 0 aromatic heterocycles. The van der Waals surface area contributed by atoms with Gasteiger partial charge in [0.15, 0.2) is 0 Å². The first kappa shape index (κ1) is 16.6. The summed E-state index contributed by atoms with van der Waals surface area (Å²) in [5.41, 5.74) is 1.45. The second-order valence-electron chi connectivity index (χ2n) is 5.96. The summed E-state index contributed by atoms with van der Waals surface area (Å²) in [6, 6.07) is 4.25. The lowest BCUT2D eigenvalue weighted by Gasteiger charge is -2.34. The van der Waals surface area contributed by atoms with Gasteiger partial charge in [0.05, 0.1) is 12.2 Å². The van der Waals surface area contributed by atoms with Crippen molar-refractivity contribution in [2.24, 2.45) is 0 Å². The second-order valence-corrected chi connectivity index (χ2v) is 5.96. The average Bonchev–Trinajstić information content (AvgIpc) is 3.01. The SMILES string of the molecule is Cc1ccc2c(c1)N(C(=O)C1CCCN1C(=O)C(F)(F)F)CCO2. The molecule has 0 saturated carbocycles. The molecular formula is C16H17F3N2O3. The molecule has 0 spiro atoms. The van der Waals surface area contributed by atoms with E-state index >= 15 is 0 Å². The number of anilines is 1. The van der Waals surface area contributed by atoms with E-state index in [4.69, 9.17) is 4.74 Å². The number of alkyl halides is 3. The number of amides is 2. The predicted molar refractivity (Wildman–Crippen MR) is 79.8 cm³/mol. The van der Waals surface area contributed by atoms with Gasteiger partial charge in [0.2, 0.25) is 5.91 Å². The van der Waals surface area contributed by atoms with Gasteiger partial charge in [-0.3, -0.25) is 9.59 Å². The molecule has 3 rings (SSSR count). The first-order chi connectivity index (χ1) is 11.3. The third-order valence-electron chi connectivity index (χ3n) is 4.28. The second kappa shape index (κ2) is 5.99. The van der Waals surface area contributed by atoms with Crippen LogP contribution >= 0.6 is 0 Å². The normalized spacial score (nSPS) is 20.6. The molecule has 8 heteroatoms. The number of halogens is 3. The maximum Gasteiger partial charge on any atom is 0.471 e. The summed E-state index contributed by atoms with van der Waals surface area (Å²) in [6.45, 7) is 2.31. The van der Waals surface area contributed by atoms with Crippen LogP contribution < -0.4 is 9.64 Å². The molecule has 24 heavy (non-hydrogen) atoms. The summed E-state index contributed by atoms with van der Waals surface area (Å²) in [6.07, 6.45) is -4.36. The zero-order valence-electron chi connectivity index (χ0n) is 13.1. The number of rotatable bonds is 1. The molecule has 2 aliphatic rings. The Morgan fingerprint density at radius 3 is 2.71 bits per heavy atom. The monoisotopic (exact) mass is 342 g/mol. The van der Waals surface area contributed by atoms with Gasteiger partial charge >= 0.3 is 12.1 Å². The van der Waals surface area contributed by atoms with Crippen molar-refractivity contribution in [1.29, 1.82) is 0 Å². The Balaban J connectivity index is 1.87. The van der Waals surface area contributed by atoms with Gasteiger partial charge in [0, 0.05) is 6.54 Å². The van der Waals surface area contributed by atoms with E-state index < -0.39 is 24.0 Å². The third-order valence-corrected chi connectivity index (χ3v) is 4.28. The molecule has 1 atom stereocenters. The van der Waals surface area contributed by atoms with Gasteiger partial charge in [0.1, 0.15) is 18.4 Å². The van der Waals surface area contributed by atoms with Crippen LogP contribution in [0.15, 0.2) is 18.2 Å². The highest BCUT2D eigenvalue weighted by Crippen LogP contribution is 2.35. The largest absolute Gasteiger partial charge is 0.490 e. The van der Waals surface area contributed by atoms with Crippen molar-refractivity contribution in [3.05, 3.63) is 23.8 Å². The van der Waals surface area contributed by atoms with Crippen molar-refractivity contribution in [3.63, 3.8) is 0 Å². The number of carbonyl (C=O) groups excluding carboxylic acids is 2. The van der Waals surface area contributed by atoms with Gasteiger partial charge in [0.25, 0.3) is 0 Å². The molecule has 1 aromatic rings. The smallest absolute Gasteiger partial charge is 0.471 e. The number of hydrogen-bond acceptors (Lipinski definition) is 3. The quantitative estimate of drug-likeness (QED) is 0.787. The summed E-state index contributed by atoms with van der Waals surface area (Å²) >= 11 is 0. The molecule has 2 heterocycles. The lowest BCUT2D eigenvalue weighted by atomic mass is 10.1. The minimum absolute atomic E-state index is 0.0558. The fraction of sp³-hybridized carbons (Fsp3) is 0.500. The van der Waals surface area contributed by atoms with Gasteiger partial charge in [-0.2, -0.15) is 13.2 Å². The Kier molecular flexibility index (Phi) is 4.15. The van der Waals surface area contributed by atoms with Crippen molar-refractivity contribution >= 4 is 17.5 Å². The summed E-state index contributed by atoms with van der Waals surface area (Å²) < 4.78 is 43.7. The Morgan fingerprint density at radius 1 is 1.25 bits per heavy atom. The molecule has 2 amide bonds. The number of likely N-dealkylation sites (tertiary alicyclic amines) is 1. The first-order valence-corrected chi connectivity index (χ1v) is 7.71. The minimum Gasteiger partial charge on any atom is -0.490 e. The Morgan fingerprint density at radius 2 is 2.00 bits per heavy atom. The van der Waals surface area contributed by atoms with Gasteiger partial charge in [-0.1, -0.05) is 6.07 Å². The maximum atomic E-state index is 12.8. The molecule has 0 radical (unpaired) electrons. The molecule has 0 bridgehead atoms. The molecule has 1 unspecified atom stereocenters. The van der Waals surface area contributed by atoms with Gasteiger partial charge in [-0.15, -0.1) is 0 Å². The summed E-state index contributed by atoms with van der Waals surface area (Å²) in [5.74, 6) is -1.91. The summed E-state index contributed by atoms with van der Waals surface area (Å²) in [5, 5.41) is 0. The van der Waals surface area contributed by atoms with Crippen LogP contribution in [-0.4, -0.2) is 48.6 Å².